The number of aryl methyl sites for hydroxylation is 1. The molecule has 1 amide bonds. The molecule has 1 aromatic rings. The summed E-state index contributed by atoms with van der Waals surface area (Å²) in [6.45, 7) is 2.56. The number of amides is 1. The van der Waals surface area contributed by atoms with Gasteiger partial charge in [-0.25, -0.2) is 4.72 Å². The Morgan fingerprint density at radius 2 is 2.23 bits per heavy atom. The Hall–Kier alpha value is -1.38. The summed E-state index contributed by atoms with van der Waals surface area (Å²) in [6.07, 6.45) is 2.70. The van der Waals surface area contributed by atoms with Gasteiger partial charge in [-0.1, -0.05) is 0 Å². The number of hydrogen-bond donors (Lipinski definition) is 2. The Bertz CT molecular complexity index is 655. The molecule has 2 aliphatic heterocycles. The SMILES string of the molecule is Cc1ccc([C@H]2CCCN2S(=O)(=O)NC[C@@H]2CCC(=O)N2)o1. The number of carbonyl (C=O) groups is 1. The molecule has 0 saturated carbocycles. The van der Waals surface area contributed by atoms with Crippen LogP contribution in [0.3, 0.4) is 0 Å². The molecule has 0 spiro atoms. The van der Waals surface area contributed by atoms with E-state index in [1.54, 1.807) is 0 Å². The van der Waals surface area contributed by atoms with Gasteiger partial charge in [0.1, 0.15) is 11.5 Å². The predicted octanol–water partition coefficient (Wildman–Crippen LogP) is 0.838. The van der Waals surface area contributed by atoms with Crippen molar-refractivity contribution in [3.05, 3.63) is 23.7 Å². The Labute approximate surface area is 130 Å². The summed E-state index contributed by atoms with van der Waals surface area (Å²) in [5, 5.41) is 2.76. The molecule has 3 rings (SSSR count). The van der Waals surface area contributed by atoms with Gasteiger partial charge in [-0.2, -0.15) is 12.7 Å². The summed E-state index contributed by atoms with van der Waals surface area (Å²) in [4.78, 5) is 11.2. The molecule has 7 nitrogen and oxygen atoms in total. The van der Waals surface area contributed by atoms with E-state index in [4.69, 9.17) is 4.42 Å². The third kappa shape index (κ3) is 3.18. The highest BCUT2D eigenvalue weighted by atomic mass is 32.2. The highest BCUT2D eigenvalue weighted by Gasteiger charge is 2.37. The van der Waals surface area contributed by atoms with Gasteiger partial charge in [-0.3, -0.25) is 4.79 Å². The summed E-state index contributed by atoms with van der Waals surface area (Å²) in [7, 11) is -3.58. The highest BCUT2D eigenvalue weighted by molar-refractivity contribution is 7.87. The van der Waals surface area contributed by atoms with Crippen molar-refractivity contribution in [2.24, 2.45) is 0 Å². The zero-order chi connectivity index (χ0) is 15.7. The van der Waals surface area contributed by atoms with E-state index < -0.39 is 10.2 Å². The third-order valence-electron chi connectivity index (χ3n) is 4.20. The van der Waals surface area contributed by atoms with E-state index in [0.717, 1.165) is 18.6 Å². The largest absolute Gasteiger partial charge is 0.465 e. The standard InChI is InChI=1S/C14H21N3O4S/c1-10-4-6-13(21-10)12-3-2-8-17(12)22(19,20)15-9-11-5-7-14(18)16-11/h4,6,11-12,15H,2-3,5,7-9H2,1H3,(H,16,18)/t11-,12+/m0/s1. The first-order chi connectivity index (χ1) is 10.5. The van der Waals surface area contributed by atoms with Crippen molar-refractivity contribution in [2.45, 2.75) is 44.7 Å². The van der Waals surface area contributed by atoms with Gasteiger partial charge in [0.2, 0.25) is 5.91 Å². The molecule has 2 fully saturated rings. The minimum atomic E-state index is -3.58. The Morgan fingerprint density at radius 3 is 2.86 bits per heavy atom. The highest BCUT2D eigenvalue weighted by Crippen LogP contribution is 2.34. The minimum Gasteiger partial charge on any atom is -0.465 e. The summed E-state index contributed by atoms with van der Waals surface area (Å²) in [5.41, 5.74) is 0. The van der Waals surface area contributed by atoms with Crippen molar-refractivity contribution >= 4 is 16.1 Å². The lowest BCUT2D eigenvalue weighted by Crippen LogP contribution is -2.45. The minimum absolute atomic E-state index is 0.0192. The zero-order valence-electron chi connectivity index (χ0n) is 12.5. The van der Waals surface area contributed by atoms with Crippen molar-refractivity contribution in [3.8, 4) is 0 Å². The van der Waals surface area contributed by atoms with Crippen LogP contribution in [0.2, 0.25) is 0 Å². The number of nitrogens with zero attached hydrogens (tertiary/aromatic N) is 1. The number of nitrogens with one attached hydrogen (secondary N) is 2. The fourth-order valence-electron chi connectivity index (χ4n) is 3.06. The molecular formula is C14H21N3O4S. The number of hydrogen-bond acceptors (Lipinski definition) is 4. The Kier molecular flexibility index (Phi) is 4.24. The Balaban J connectivity index is 1.66. The average Bonchev–Trinajstić information content (AvgIpc) is 3.16. The zero-order valence-corrected chi connectivity index (χ0v) is 13.4. The molecule has 2 saturated heterocycles. The molecule has 0 radical (unpaired) electrons. The van der Waals surface area contributed by atoms with Crippen LogP contribution in [0.15, 0.2) is 16.5 Å². The van der Waals surface area contributed by atoms with Crippen molar-refractivity contribution in [2.75, 3.05) is 13.1 Å². The molecule has 3 heterocycles. The van der Waals surface area contributed by atoms with E-state index in [1.807, 2.05) is 19.1 Å². The van der Waals surface area contributed by atoms with Gasteiger partial charge in [0.15, 0.2) is 0 Å². The molecule has 2 N–H and O–H groups in total. The molecule has 122 valence electrons. The molecule has 2 atom stereocenters. The quantitative estimate of drug-likeness (QED) is 0.838. The fraction of sp³-hybridized carbons (Fsp3) is 0.643. The second kappa shape index (κ2) is 6.02. The van der Waals surface area contributed by atoms with Crippen LogP contribution in [0.1, 0.15) is 43.2 Å². The van der Waals surface area contributed by atoms with Crippen LogP contribution in [0.4, 0.5) is 0 Å². The topological polar surface area (TPSA) is 91.7 Å². The first-order valence-corrected chi connectivity index (χ1v) is 9.02. The van der Waals surface area contributed by atoms with E-state index in [9.17, 15) is 13.2 Å². The normalized spacial score (nSPS) is 26.5. The van der Waals surface area contributed by atoms with Crippen molar-refractivity contribution in [3.63, 3.8) is 0 Å². The van der Waals surface area contributed by atoms with E-state index in [2.05, 4.69) is 10.0 Å². The average molecular weight is 327 g/mol. The van der Waals surface area contributed by atoms with E-state index in [1.165, 1.54) is 4.31 Å². The molecule has 2 aliphatic rings. The molecule has 0 aliphatic carbocycles. The summed E-state index contributed by atoms with van der Waals surface area (Å²) >= 11 is 0. The molecule has 0 unspecified atom stereocenters. The number of carbonyl (C=O) groups excluding carboxylic acids is 1. The van der Waals surface area contributed by atoms with Gasteiger partial charge in [0.25, 0.3) is 10.2 Å². The van der Waals surface area contributed by atoms with Crippen LogP contribution < -0.4 is 10.0 Å². The molecule has 1 aromatic heterocycles. The number of furan rings is 1. The van der Waals surface area contributed by atoms with Crippen molar-refractivity contribution in [1.29, 1.82) is 0 Å². The van der Waals surface area contributed by atoms with E-state index >= 15 is 0 Å². The summed E-state index contributed by atoms with van der Waals surface area (Å²) in [5.74, 6) is 1.45. The molecular weight excluding hydrogens is 306 g/mol. The molecule has 0 aromatic carbocycles. The predicted molar refractivity (Wildman–Crippen MR) is 80.2 cm³/mol. The monoisotopic (exact) mass is 327 g/mol. The second-order valence-electron chi connectivity index (χ2n) is 5.87. The first-order valence-electron chi connectivity index (χ1n) is 7.58. The lowest BCUT2D eigenvalue weighted by molar-refractivity contribution is -0.119. The van der Waals surface area contributed by atoms with Crippen LogP contribution in [-0.2, 0) is 15.0 Å². The first kappa shape index (κ1) is 15.5. The van der Waals surface area contributed by atoms with Gasteiger partial charge >= 0.3 is 0 Å². The van der Waals surface area contributed by atoms with Crippen LogP contribution in [-0.4, -0.2) is 37.8 Å². The summed E-state index contributed by atoms with van der Waals surface area (Å²) in [6, 6.07) is 3.32. The van der Waals surface area contributed by atoms with Crippen LogP contribution in [0.25, 0.3) is 0 Å². The second-order valence-corrected chi connectivity index (χ2v) is 7.58. The smallest absolute Gasteiger partial charge is 0.280 e. The van der Waals surface area contributed by atoms with Gasteiger partial charge in [0, 0.05) is 25.6 Å². The maximum absolute atomic E-state index is 12.5. The molecule has 0 bridgehead atoms. The van der Waals surface area contributed by atoms with E-state index in [0.29, 0.717) is 25.1 Å². The maximum atomic E-state index is 12.5. The third-order valence-corrected chi connectivity index (χ3v) is 5.79. The lowest BCUT2D eigenvalue weighted by atomic mass is 10.2. The van der Waals surface area contributed by atoms with Gasteiger partial charge in [0.05, 0.1) is 6.04 Å². The van der Waals surface area contributed by atoms with Crippen LogP contribution >= 0.6 is 0 Å². The lowest BCUT2D eigenvalue weighted by Gasteiger charge is -2.23. The van der Waals surface area contributed by atoms with Gasteiger partial charge < -0.3 is 9.73 Å². The van der Waals surface area contributed by atoms with Crippen LogP contribution in [0.5, 0.6) is 0 Å². The van der Waals surface area contributed by atoms with Gasteiger partial charge in [-0.05, 0) is 38.3 Å². The van der Waals surface area contributed by atoms with E-state index in [-0.39, 0.29) is 24.5 Å². The molecule has 8 heteroatoms. The number of rotatable bonds is 5. The fourth-order valence-corrected chi connectivity index (χ4v) is 4.56. The Morgan fingerprint density at radius 1 is 1.41 bits per heavy atom. The maximum Gasteiger partial charge on any atom is 0.280 e. The van der Waals surface area contributed by atoms with Crippen LogP contribution in [0, 0.1) is 6.92 Å². The van der Waals surface area contributed by atoms with Crippen molar-refractivity contribution < 1.29 is 17.6 Å². The summed E-state index contributed by atoms with van der Waals surface area (Å²) < 4.78 is 34.7. The van der Waals surface area contributed by atoms with Gasteiger partial charge in [-0.15, -0.1) is 0 Å². The molecule has 22 heavy (non-hydrogen) atoms. The van der Waals surface area contributed by atoms with Crippen molar-refractivity contribution in [1.82, 2.24) is 14.3 Å².